The molecule has 0 aliphatic carbocycles. The highest BCUT2D eigenvalue weighted by Crippen LogP contribution is 2.25. The van der Waals surface area contributed by atoms with Crippen LogP contribution in [0.5, 0.6) is 0 Å². The van der Waals surface area contributed by atoms with Gasteiger partial charge in [0.2, 0.25) is 5.95 Å². The van der Waals surface area contributed by atoms with Gasteiger partial charge < -0.3 is 4.90 Å². The predicted octanol–water partition coefficient (Wildman–Crippen LogP) is 3.92. The molecule has 0 bridgehead atoms. The van der Waals surface area contributed by atoms with Gasteiger partial charge in [0.05, 0.1) is 21.1 Å². The topological polar surface area (TPSA) is 135 Å². The number of nitro benzene ring substituents is 1. The molecule has 1 aromatic heterocycles. The molecule has 10 nitrogen and oxygen atoms in total. The second-order valence-electron chi connectivity index (χ2n) is 9.09. The van der Waals surface area contributed by atoms with Gasteiger partial charge >= 0.3 is 0 Å². The molecule has 1 amide bonds. The van der Waals surface area contributed by atoms with Crippen molar-refractivity contribution in [2.24, 2.45) is 5.92 Å². The summed E-state index contributed by atoms with van der Waals surface area (Å²) in [7, 11) is -4.33. The molecule has 11 heteroatoms. The van der Waals surface area contributed by atoms with Crippen LogP contribution in [-0.2, 0) is 22.9 Å². The Bertz CT molecular complexity index is 1370. The van der Waals surface area contributed by atoms with E-state index < -0.39 is 20.9 Å². The molecule has 1 saturated heterocycles. The largest absolute Gasteiger partial charge is 0.341 e. The first-order chi connectivity index (χ1) is 17.8. The number of piperidine rings is 1. The molecule has 2 aromatic carbocycles. The Morgan fingerprint density at radius 2 is 1.86 bits per heavy atom. The fraction of sp³-hybridized carbons (Fsp3) is 0.346. The number of nitro groups is 1. The van der Waals surface area contributed by atoms with Gasteiger partial charge in [-0.15, -0.1) is 0 Å². The molecule has 1 aliphatic heterocycles. The average Bonchev–Trinajstić information content (AvgIpc) is 2.89. The van der Waals surface area contributed by atoms with Crippen LogP contribution in [0.1, 0.15) is 47.8 Å². The highest BCUT2D eigenvalue weighted by atomic mass is 32.2. The number of non-ortho nitro benzene ring substituents is 1. The van der Waals surface area contributed by atoms with Crippen LogP contribution < -0.4 is 9.62 Å². The van der Waals surface area contributed by atoms with Gasteiger partial charge in [0.1, 0.15) is 0 Å². The number of aromatic nitrogens is 2. The first-order valence-electron chi connectivity index (χ1n) is 12.2. The molecule has 1 aliphatic rings. The number of rotatable bonds is 9. The predicted molar refractivity (Wildman–Crippen MR) is 139 cm³/mol. The van der Waals surface area contributed by atoms with E-state index in [1.807, 2.05) is 17.7 Å². The normalized spacial score (nSPS) is 14.4. The summed E-state index contributed by atoms with van der Waals surface area (Å²) in [5.74, 6) is 0.237. The second kappa shape index (κ2) is 11.5. The molecule has 2 heterocycles. The molecule has 194 valence electrons. The fourth-order valence-electron chi connectivity index (χ4n) is 4.46. The van der Waals surface area contributed by atoms with Crippen molar-refractivity contribution >= 4 is 27.6 Å². The summed E-state index contributed by atoms with van der Waals surface area (Å²) in [4.78, 5) is 34.0. The third kappa shape index (κ3) is 6.48. The lowest BCUT2D eigenvalue weighted by molar-refractivity contribution is -0.385. The van der Waals surface area contributed by atoms with Gasteiger partial charge in [-0.05, 0) is 43.2 Å². The molecule has 0 saturated carbocycles. The quantitative estimate of drug-likeness (QED) is 0.329. The number of hydrogen-bond donors (Lipinski definition) is 1. The number of anilines is 1. The Labute approximate surface area is 216 Å². The molecule has 3 aromatic rings. The third-order valence-corrected chi connectivity index (χ3v) is 7.75. The SMILES string of the molecule is CCCc1nc(N2CCC(Cc3ccccc3)CC2)ncc1C(=O)NS(=O)(=O)c1cccc([N+](=O)[O-])c1. The van der Waals surface area contributed by atoms with Gasteiger partial charge in [-0.2, -0.15) is 0 Å². The van der Waals surface area contributed by atoms with Crippen molar-refractivity contribution in [3.63, 3.8) is 0 Å². The first-order valence-corrected chi connectivity index (χ1v) is 13.7. The van der Waals surface area contributed by atoms with E-state index >= 15 is 0 Å². The third-order valence-electron chi connectivity index (χ3n) is 6.42. The molecular weight excluding hydrogens is 494 g/mol. The fourth-order valence-corrected chi connectivity index (χ4v) is 5.47. The summed E-state index contributed by atoms with van der Waals surface area (Å²) in [6.07, 6.45) is 5.58. The molecule has 0 unspecified atom stereocenters. The zero-order chi connectivity index (χ0) is 26.4. The number of nitrogens with one attached hydrogen (secondary N) is 1. The second-order valence-corrected chi connectivity index (χ2v) is 10.8. The van der Waals surface area contributed by atoms with Crippen LogP contribution in [0.4, 0.5) is 11.6 Å². The van der Waals surface area contributed by atoms with Crippen LogP contribution >= 0.6 is 0 Å². The average molecular weight is 524 g/mol. The van der Waals surface area contributed by atoms with Crippen molar-refractivity contribution in [2.45, 2.75) is 43.9 Å². The van der Waals surface area contributed by atoms with E-state index in [4.69, 9.17) is 0 Å². The van der Waals surface area contributed by atoms with Crippen molar-refractivity contribution in [3.05, 3.63) is 87.7 Å². The van der Waals surface area contributed by atoms with E-state index in [1.165, 1.54) is 30.0 Å². The Morgan fingerprint density at radius 3 is 2.54 bits per heavy atom. The van der Waals surface area contributed by atoms with Crippen LogP contribution in [0.25, 0.3) is 0 Å². The number of carbonyl (C=O) groups is 1. The van der Waals surface area contributed by atoms with Gasteiger partial charge in [-0.3, -0.25) is 14.9 Å². The van der Waals surface area contributed by atoms with Crippen LogP contribution in [0.3, 0.4) is 0 Å². The standard InChI is InChI=1S/C26H29N5O5S/c1-2-7-24-23(25(32)29-37(35,36)22-11-6-10-21(17-22)31(33)34)18-27-26(28-24)30-14-12-20(13-15-30)16-19-8-4-3-5-9-19/h3-6,8-11,17-18,20H,2,7,12-16H2,1H3,(H,29,32). The highest BCUT2D eigenvalue weighted by molar-refractivity contribution is 7.90. The van der Waals surface area contributed by atoms with Crippen molar-refractivity contribution in [1.29, 1.82) is 0 Å². The van der Waals surface area contributed by atoms with E-state index in [2.05, 4.69) is 39.1 Å². The molecule has 37 heavy (non-hydrogen) atoms. The number of carbonyl (C=O) groups excluding carboxylic acids is 1. The first kappa shape index (κ1) is 26.2. The van der Waals surface area contributed by atoms with Gasteiger partial charge in [0, 0.05) is 31.4 Å². The monoisotopic (exact) mass is 523 g/mol. The number of benzene rings is 2. The lowest BCUT2D eigenvalue weighted by atomic mass is 9.90. The Balaban J connectivity index is 1.46. The van der Waals surface area contributed by atoms with Crippen LogP contribution in [0.2, 0.25) is 0 Å². The summed E-state index contributed by atoms with van der Waals surface area (Å²) in [5.41, 5.74) is 1.48. The maximum atomic E-state index is 12.9. The van der Waals surface area contributed by atoms with Crippen LogP contribution in [0.15, 0.2) is 65.7 Å². The summed E-state index contributed by atoms with van der Waals surface area (Å²) < 4.78 is 27.5. The smallest absolute Gasteiger partial charge is 0.270 e. The number of nitrogens with zero attached hydrogens (tertiary/aromatic N) is 4. The van der Waals surface area contributed by atoms with Gasteiger partial charge in [0.15, 0.2) is 0 Å². The van der Waals surface area contributed by atoms with Crippen molar-refractivity contribution < 1.29 is 18.1 Å². The maximum absolute atomic E-state index is 12.9. The van der Waals surface area contributed by atoms with Gasteiger partial charge in [-0.1, -0.05) is 49.7 Å². The molecule has 1 N–H and O–H groups in total. The molecule has 0 atom stereocenters. The van der Waals surface area contributed by atoms with Crippen molar-refractivity contribution in [2.75, 3.05) is 18.0 Å². The molecule has 0 spiro atoms. The minimum absolute atomic E-state index is 0.0681. The van der Waals surface area contributed by atoms with Crippen molar-refractivity contribution in [1.82, 2.24) is 14.7 Å². The number of sulfonamides is 1. The van der Waals surface area contributed by atoms with Crippen LogP contribution in [0, 0.1) is 16.0 Å². The summed E-state index contributed by atoms with van der Waals surface area (Å²) in [5, 5.41) is 11.0. The number of aryl methyl sites for hydroxylation is 1. The Hall–Kier alpha value is -3.86. The lowest BCUT2D eigenvalue weighted by Gasteiger charge is -2.32. The zero-order valence-electron chi connectivity index (χ0n) is 20.5. The van der Waals surface area contributed by atoms with E-state index in [0.717, 1.165) is 38.4 Å². The minimum atomic E-state index is -4.33. The van der Waals surface area contributed by atoms with E-state index in [1.54, 1.807) is 0 Å². The Kier molecular flexibility index (Phi) is 8.12. The van der Waals surface area contributed by atoms with Crippen LogP contribution in [-0.4, -0.2) is 42.3 Å². The molecule has 1 fully saturated rings. The number of hydrogen-bond acceptors (Lipinski definition) is 8. The maximum Gasteiger partial charge on any atom is 0.270 e. The molecular formula is C26H29N5O5S. The van der Waals surface area contributed by atoms with Gasteiger partial charge in [0.25, 0.3) is 21.6 Å². The minimum Gasteiger partial charge on any atom is -0.341 e. The van der Waals surface area contributed by atoms with E-state index in [-0.39, 0.29) is 16.1 Å². The number of amides is 1. The summed E-state index contributed by atoms with van der Waals surface area (Å²) in [6, 6.07) is 15.0. The van der Waals surface area contributed by atoms with Gasteiger partial charge in [-0.25, -0.2) is 23.1 Å². The summed E-state index contributed by atoms with van der Waals surface area (Å²) in [6.45, 7) is 3.55. The lowest BCUT2D eigenvalue weighted by Crippen LogP contribution is -2.36. The van der Waals surface area contributed by atoms with Crippen molar-refractivity contribution in [3.8, 4) is 0 Å². The summed E-state index contributed by atoms with van der Waals surface area (Å²) >= 11 is 0. The Morgan fingerprint density at radius 1 is 1.14 bits per heavy atom. The van der Waals surface area contributed by atoms with E-state index in [9.17, 15) is 23.3 Å². The van der Waals surface area contributed by atoms with E-state index in [0.29, 0.717) is 30.4 Å². The molecule has 4 rings (SSSR count). The molecule has 0 radical (unpaired) electrons. The zero-order valence-corrected chi connectivity index (χ0v) is 21.4. The highest BCUT2D eigenvalue weighted by Gasteiger charge is 2.26.